The third-order valence-electron chi connectivity index (χ3n) is 4.24. The first-order chi connectivity index (χ1) is 8.21. The van der Waals surface area contributed by atoms with E-state index in [9.17, 15) is 4.79 Å². The van der Waals surface area contributed by atoms with E-state index in [-0.39, 0.29) is 6.04 Å². The molecule has 1 atom stereocenters. The largest absolute Gasteiger partial charge is 0.341 e. The van der Waals surface area contributed by atoms with Crippen molar-refractivity contribution in [1.29, 1.82) is 0 Å². The fourth-order valence-corrected chi connectivity index (χ4v) is 3.13. The first kappa shape index (κ1) is 12.9. The van der Waals surface area contributed by atoms with Gasteiger partial charge in [0, 0.05) is 13.1 Å². The third kappa shape index (κ3) is 3.01. The summed E-state index contributed by atoms with van der Waals surface area (Å²) in [5.74, 6) is 0.348. The van der Waals surface area contributed by atoms with Gasteiger partial charge in [0.15, 0.2) is 0 Å². The molecule has 1 amide bonds. The summed E-state index contributed by atoms with van der Waals surface area (Å²) in [6.45, 7) is 7.21. The van der Waals surface area contributed by atoms with Crippen LogP contribution in [0.5, 0.6) is 0 Å². The number of likely N-dealkylation sites (tertiary alicyclic amines) is 1. The van der Waals surface area contributed by atoms with Gasteiger partial charge in [0.05, 0.1) is 6.04 Å². The van der Waals surface area contributed by atoms with Crippen molar-refractivity contribution in [2.75, 3.05) is 19.6 Å². The minimum Gasteiger partial charge on any atom is -0.341 e. The Balaban J connectivity index is 1.89. The Morgan fingerprint density at radius 2 is 2.18 bits per heavy atom. The molecule has 98 valence electrons. The van der Waals surface area contributed by atoms with E-state index in [1.807, 2.05) is 0 Å². The molecule has 0 spiro atoms. The molecule has 1 aliphatic heterocycles. The monoisotopic (exact) mass is 238 g/mol. The minimum atomic E-state index is 0.0891. The molecule has 1 saturated carbocycles. The van der Waals surface area contributed by atoms with Crippen LogP contribution in [0.1, 0.15) is 52.4 Å². The second kappa shape index (κ2) is 5.38. The van der Waals surface area contributed by atoms with Crippen LogP contribution in [0.25, 0.3) is 0 Å². The second-order valence-corrected chi connectivity index (χ2v) is 5.76. The second-order valence-electron chi connectivity index (χ2n) is 5.76. The van der Waals surface area contributed by atoms with E-state index in [4.69, 9.17) is 0 Å². The van der Waals surface area contributed by atoms with Crippen LogP contribution in [-0.4, -0.2) is 36.5 Å². The number of piperidine rings is 1. The zero-order valence-corrected chi connectivity index (χ0v) is 11.3. The van der Waals surface area contributed by atoms with Crippen molar-refractivity contribution >= 4 is 5.91 Å². The van der Waals surface area contributed by atoms with Gasteiger partial charge in [-0.3, -0.25) is 4.79 Å². The Kier molecular flexibility index (Phi) is 4.08. The summed E-state index contributed by atoms with van der Waals surface area (Å²) in [6, 6.07) is 0.0891. The first-order valence-corrected chi connectivity index (χ1v) is 7.23. The van der Waals surface area contributed by atoms with E-state index in [1.165, 1.54) is 25.7 Å². The molecule has 0 aromatic heterocycles. The predicted molar refractivity (Wildman–Crippen MR) is 69.9 cm³/mol. The van der Waals surface area contributed by atoms with Crippen molar-refractivity contribution in [2.24, 2.45) is 5.41 Å². The molecular weight excluding hydrogens is 212 g/mol. The Morgan fingerprint density at radius 3 is 2.76 bits per heavy atom. The van der Waals surface area contributed by atoms with Crippen LogP contribution in [0, 0.1) is 5.41 Å². The molecule has 1 aliphatic carbocycles. The van der Waals surface area contributed by atoms with Gasteiger partial charge in [-0.2, -0.15) is 0 Å². The standard InChI is InChI=1S/C14H26N2O/c1-3-7-14(8-9-14)11-16-10-5-6-12(13(16)17)15-4-2/h12,15H,3-11H2,1-2H3. The number of carbonyl (C=O) groups excluding carboxylic acids is 1. The SMILES string of the molecule is CCCC1(CN2CCCC(NCC)C2=O)CC1. The summed E-state index contributed by atoms with van der Waals surface area (Å²) in [5.41, 5.74) is 0.499. The van der Waals surface area contributed by atoms with Crippen molar-refractivity contribution in [1.82, 2.24) is 10.2 Å². The van der Waals surface area contributed by atoms with E-state index >= 15 is 0 Å². The van der Waals surface area contributed by atoms with Crippen LogP contribution in [0.3, 0.4) is 0 Å². The number of hydrogen-bond donors (Lipinski definition) is 1. The highest BCUT2D eigenvalue weighted by Gasteiger charge is 2.44. The summed E-state index contributed by atoms with van der Waals surface area (Å²) < 4.78 is 0. The molecule has 17 heavy (non-hydrogen) atoms. The molecule has 1 heterocycles. The molecule has 0 radical (unpaired) electrons. The number of amides is 1. The van der Waals surface area contributed by atoms with E-state index < -0.39 is 0 Å². The molecule has 0 aromatic carbocycles. The van der Waals surface area contributed by atoms with Gasteiger partial charge in [0.2, 0.25) is 5.91 Å². The van der Waals surface area contributed by atoms with Crippen LogP contribution >= 0.6 is 0 Å². The lowest BCUT2D eigenvalue weighted by Crippen LogP contribution is -2.52. The minimum absolute atomic E-state index is 0.0891. The number of rotatable bonds is 6. The molecule has 2 rings (SSSR count). The number of nitrogens with one attached hydrogen (secondary N) is 1. The van der Waals surface area contributed by atoms with Crippen LogP contribution in [0.2, 0.25) is 0 Å². The molecule has 2 aliphatic rings. The average molecular weight is 238 g/mol. The van der Waals surface area contributed by atoms with Crippen molar-refractivity contribution < 1.29 is 4.79 Å². The smallest absolute Gasteiger partial charge is 0.239 e. The Morgan fingerprint density at radius 1 is 1.41 bits per heavy atom. The zero-order chi connectivity index (χ0) is 12.3. The Labute approximate surface area is 105 Å². The van der Waals surface area contributed by atoms with Crippen molar-refractivity contribution in [3.8, 4) is 0 Å². The average Bonchev–Trinajstić information content (AvgIpc) is 3.05. The summed E-state index contributed by atoms with van der Waals surface area (Å²) >= 11 is 0. The van der Waals surface area contributed by atoms with Crippen molar-refractivity contribution in [2.45, 2.75) is 58.4 Å². The van der Waals surface area contributed by atoms with Gasteiger partial charge in [-0.25, -0.2) is 0 Å². The van der Waals surface area contributed by atoms with Crippen molar-refractivity contribution in [3.05, 3.63) is 0 Å². The van der Waals surface area contributed by atoms with Crippen LogP contribution in [0.4, 0.5) is 0 Å². The van der Waals surface area contributed by atoms with E-state index in [2.05, 4.69) is 24.1 Å². The number of nitrogens with zero attached hydrogens (tertiary/aromatic N) is 1. The molecule has 1 N–H and O–H groups in total. The summed E-state index contributed by atoms with van der Waals surface area (Å²) in [6.07, 6.45) is 7.38. The Bertz CT molecular complexity index is 271. The van der Waals surface area contributed by atoms with Gasteiger partial charge in [-0.05, 0) is 44.1 Å². The van der Waals surface area contributed by atoms with E-state index in [0.717, 1.165) is 32.5 Å². The first-order valence-electron chi connectivity index (χ1n) is 7.23. The maximum atomic E-state index is 12.3. The highest BCUT2D eigenvalue weighted by molar-refractivity contribution is 5.82. The molecule has 3 nitrogen and oxygen atoms in total. The highest BCUT2D eigenvalue weighted by Crippen LogP contribution is 2.50. The molecule has 0 aromatic rings. The number of hydrogen-bond acceptors (Lipinski definition) is 2. The van der Waals surface area contributed by atoms with Crippen LogP contribution in [0.15, 0.2) is 0 Å². The lowest BCUT2D eigenvalue weighted by molar-refractivity contribution is -0.136. The lowest BCUT2D eigenvalue weighted by atomic mass is 9.97. The van der Waals surface area contributed by atoms with Gasteiger partial charge in [0.1, 0.15) is 0 Å². The summed E-state index contributed by atoms with van der Waals surface area (Å²) in [4.78, 5) is 14.4. The Hall–Kier alpha value is -0.570. The van der Waals surface area contributed by atoms with Crippen LogP contribution in [-0.2, 0) is 4.79 Å². The normalized spacial score (nSPS) is 27.3. The van der Waals surface area contributed by atoms with Gasteiger partial charge < -0.3 is 10.2 Å². The molecule has 1 saturated heterocycles. The molecular formula is C14H26N2O. The molecule has 1 unspecified atom stereocenters. The molecule has 0 bridgehead atoms. The number of likely N-dealkylation sites (N-methyl/N-ethyl adjacent to an activating group) is 1. The summed E-state index contributed by atoms with van der Waals surface area (Å²) in [5, 5.41) is 3.31. The highest BCUT2D eigenvalue weighted by atomic mass is 16.2. The maximum Gasteiger partial charge on any atom is 0.239 e. The van der Waals surface area contributed by atoms with Gasteiger partial charge in [0.25, 0.3) is 0 Å². The molecule has 2 fully saturated rings. The van der Waals surface area contributed by atoms with Gasteiger partial charge >= 0.3 is 0 Å². The number of carbonyl (C=O) groups is 1. The van der Waals surface area contributed by atoms with Gasteiger partial charge in [-0.1, -0.05) is 20.3 Å². The topological polar surface area (TPSA) is 32.3 Å². The maximum absolute atomic E-state index is 12.3. The van der Waals surface area contributed by atoms with Gasteiger partial charge in [-0.15, -0.1) is 0 Å². The fraction of sp³-hybridized carbons (Fsp3) is 0.929. The molecule has 3 heteroatoms. The lowest BCUT2D eigenvalue weighted by Gasteiger charge is -2.35. The zero-order valence-electron chi connectivity index (χ0n) is 11.3. The van der Waals surface area contributed by atoms with E-state index in [0.29, 0.717) is 11.3 Å². The fourth-order valence-electron chi connectivity index (χ4n) is 3.13. The van der Waals surface area contributed by atoms with E-state index in [1.54, 1.807) is 0 Å². The summed E-state index contributed by atoms with van der Waals surface area (Å²) in [7, 11) is 0. The predicted octanol–water partition coefficient (Wildman–Crippen LogP) is 2.17. The third-order valence-corrected chi connectivity index (χ3v) is 4.24. The quantitative estimate of drug-likeness (QED) is 0.769. The van der Waals surface area contributed by atoms with Crippen LogP contribution < -0.4 is 5.32 Å². The van der Waals surface area contributed by atoms with Crippen molar-refractivity contribution in [3.63, 3.8) is 0 Å².